The Hall–Kier alpha value is -3.40. The van der Waals surface area contributed by atoms with Gasteiger partial charge in [0.1, 0.15) is 0 Å². The Morgan fingerprint density at radius 3 is 2.24 bits per heavy atom. The van der Waals surface area contributed by atoms with Crippen LogP contribution < -0.4 is 10.6 Å². The molecule has 0 fully saturated rings. The van der Waals surface area contributed by atoms with E-state index >= 15 is 0 Å². The Balaban J connectivity index is 1.54. The topological polar surface area (TPSA) is 54.0 Å². The zero-order chi connectivity index (χ0) is 20.5. The fraction of sp³-hybridized carbons (Fsp3) is 0.200. The maximum absolute atomic E-state index is 12.2. The third kappa shape index (κ3) is 6.61. The van der Waals surface area contributed by atoms with Crippen LogP contribution in [0.3, 0.4) is 0 Å². The second-order valence-corrected chi connectivity index (χ2v) is 7.35. The molecule has 0 aliphatic rings. The molecule has 0 unspecified atom stereocenters. The first-order valence-corrected chi connectivity index (χ1v) is 9.94. The lowest BCUT2D eigenvalue weighted by Gasteiger charge is -2.09. The van der Waals surface area contributed by atoms with Gasteiger partial charge in [-0.15, -0.1) is 0 Å². The molecule has 0 aliphatic carbocycles. The number of anilines is 2. The van der Waals surface area contributed by atoms with Crippen molar-refractivity contribution < 1.29 is 4.79 Å². The summed E-state index contributed by atoms with van der Waals surface area (Å²) in [7, 11) is 0. The Kier molecular flexibility index (Phi) is 7.17. The zero-order valence-electron chi connectivity index (χ0n) is 16.9. The smallest absolute Gasteiger partial charge is 0.251 e. The highest BCUT2D eigenvalue weighted by Gasteiger charge is 2.05. The molecule has 0 bridgehead atoms. The summed E-state index contributed by atoms with van der Waals surface area (Å²) in [5.41, 5.74) is 4.65. The molecule has 0 saturated carbocycles. The van der Waals surface area contributed by atoms with Crippen LogP contribution in [0.2, 0.25) is 0 Å². The lowest BCUT2D eigenvalue weighted by Crippen LogP contribution is -2.25. The van der Waals surface area contributed by atoms with Crippen LogP contribution in [-0.4, -0.2) is 17.4 Å². The largest absolute Gasteiger partial charge is 0.356 e. The zero-order valence-corrected chi connectivity index (χ0v) is 16.9. The van der Waals surface area contributed by atoms with E-state index in [-0.39, 0.29) is 5.91 Å². The van der Waals surface area contributed by atoms with Crippen molar-refractivity contribution in [1.82, 2.24) is 10.3 Å². The Morgan fingerprint density at radius 1 is 0.931 bits per heavy atom. The number of amides is 1. The van der Waals surface area contributed by atoms with Crippen LogP contribution >= 0.6 is 0 Å². The molecule has 4 nitrogen and oxygen atoms in total. The van der Waals surface area contributed by atoms with Gasteiger partial charge in [0, 0.05) is 29.7 Å². The predicted octanol–water partition coefficient (Wildman–Crippen LogP) is 5.77. The SMILES string of the molecule is CC(C)CCNC(=O)c1ccc(Nc2ccc(/C=C/c3ccccn3)cc2)cc1. The van der Waals surface area contributed by atoms with E-state index in [1.54, 1.807) is 6.20 Å². The number of hydrogen-bond donors (Lipinski definition) is 2. The molecule has 148 valence electrons. The van der Waals surface area contributed by atoms with Crippen molar-refractivity contribution in [2.45, 2.75) is 20.3 Å². The van der Waals surface area contributed by atoms with Gasteiger partial charge >= 0.3 is 0 Å². The maximum Gasteiger partial charge on any atom is 0.251 e. The van der Waals surface area contributed by atoms with Crippen molar-refractivity contribution in [3.05, 3.63) is 89.7 Å². The van der Waals surface area contributed by atoms with Gasteiger partial charge in [0.25, 0.3) is 5.91 Å². The van der Waals surface area contributed by atoms with Crippen LogP contribution in [0.1, 0.15) is 41.9 Å². The number of benzene rings is 2. The standard InChI is InChI=1S/C25H27N3O/c1-19(2)16-18-27-25(29)21-9-14-24(15-10-21)28-23-12-7-20(8-13-23)6-11-22-5-3-4-17-26-22/h3-15,17,19,28H,16,18H2,1-2H3,(H,27,29)/b11-6+. The molecule has 1 aromatic heterocycles. The lowest BCUT2D eigenvalue weighted by atomic mass is 10.1. The Bertz CT molecular complexity index is 930. The van der Waals surface area contributed by atoms with Gasteiger partial charge in [-0.1, -0.05) is 38.1 Å². The molecule has 0 atom stereocenters. The van der Waals surface area contributed by atoms with Crippen LogP contribution in [0, 0.1) is 5.92 Å². The van der Waals surface area contributed by atoms with E-state index in [0.717, 1.165) is 29.1 Å². The highest BCUT2D eigenvalue weighted by atomic mass is 16.1. The van der Waals surface area contributed by atoms with Gasteiger partial charge in [-0.2, -0.15) is 0 Å². The van der Waals surface area contributed by atoms with Gasteiger partial charge in [0.2, 0.25) is 0 Å². The third-order valence-electron chi connectivity index (χ3n) is 4.49. The summed E-state index contributed by atoms with van der Waals surface area (Å²) in [6.45, 7) is 5.00. The minimum Gasteiger partial charge on any atom is -0.356 e. The third-order valence-corrected chi connectivity index (χ3v) is 4.49. The highest BCUT2D eigenvalue weighted by molar-refractivity contribution is 5.94. The number of hydrogen-bond acceptors (Lipinski definition) is 3. The average Bonchev–Trinajstić information content (AvgIpc) is 2.74. The summed E-state index contributed by atoms with van der Waals surface area (Å²) in [4.78, 5) is 16.4. The summed E-state index contributed by atoms with van der Waals surface area (Å²) < 4.78 is 0. The van der Waals surface area contributed by atoms with Crippen molar-refractivity contribution >= 4 is 29.4 Å². The molecule has 3 rings (SSSR count). The summed E-state index contributed by atoms with van der Waals surface area (Å²) in [5, 5.41) is 6.32. The fourth-order valence-corrected chi connectivity index (χ4v) is 2.78. The number of pyridine rings is 1. The minimum absolute atomic E-state index is 0.0266. The Morgan fingerprint density at radius 2 is 1.62 bits per heavy atom. The van der Waals surface area contributed by atoms with Gasteiger partial charge in [0.05, 0.1) is 5.69 Å². The molecular formula is C25H27N3O. The highest BCUT2D eigenvalue weighted by Crippen LogP contribution is 2.18. The first kappa shape index (κ1) is 20.3. The van der Waals surface area contributed by atoms with E-state index < -0.39 is 0 Å². The molecule has 0 saturated heterocycles. The molecule has 4 heteroatoms. The summed E-state index contributed by atoms with van der Waals surface area (Å²) in [5.74, 6) is 0.556. The van der Waals surface area contributed by atoms with E-state index in [1.165, 1.54) is 0 Å². The number of aromatic nitrogens is 1. The number of nitrogens with zero attached hydrogens (tertiary/aromatic N) is 1. The van der Waals surface area contributed by atoms with Crippen LogP contribution in [0.15, 0.2) is 72.9 Å². The van der Waals surface area contributed by atoms with E-state index in [9.17, 15) is 4.79 Å². The van der Waals surface area contributed by atoms with Gasteiger partial charge in [-0.05, 0) is 72.5 Å². The number of carbonyl (C=O) groups excluding carboxylic acids is 1. The number of nitrogens with one attached hydrogen (secondary N) is 2. The predicted molar refractivity (Wildman–Crippen MR) is 121 cm³/mol. The number of rotatable bonds is 8. The fourth-order valence-electron chi connectivity index (χ4n) is 2.78. The Labute approximate surface area is 172 Å². The van der Waals surface area contributed by atoms with Crippen LogP contribution in [0.25, 0.3) is 12.2 Å². The first-order chi connectivity index (χ1) is 14.1. The van der Waals surface area contributed by atoms with Crippen molar-refractivity contribution in [2.75, 3.05) is 11.9 Å². The molecule has 29 heavy (non-hydrogen) atoms. The van der Waals surface area contributed by atoms with E-state index in [4.69, 9.17) is 0 Å². The van der Waals surface area contributed by atoms with Gasteiger partial charge in [-0.25, -0.2) is 0 Å². The summed E-state index contributed by atoms with van der Waals surface area (Å²) in [6.07, 6.45) is 6.80. The molecule has 1 amide bonds. The molecule has 2 N–H and O–H groups in total. The molecule has 0 radical (unpaired) electrons. The lowest BCUT2D eigenvalue weighted by molar-refractivity contribution is 0.0952. The van der Waals surface area contributed by atoms with Gasteiger partial charge in [-0.3, -0.25) is 9.78 Å². The van der Waals surface area contributed by atoms with E-state index in [2.05, 4.69) is 41.6 Å². The molecular weight excluding hydrogens is 358 g/mol. The molecule has 0 spiro atoms. The van der Waals surface area contributed by atoms with Crippen LogP contribution in [-0.2, 0) is 0 Å². The van der Waals surface area contributed by atoms with Gasteiger partial charge in [0.15, 0.2) is 0 Å². The molecule has 0 aliphatic heterocycles. The molecule has 3 aromatic rings. The van der Waals surface area contributed by atoms with Crippen LogP contribution in [0.4, 0.5) is 11.4 Å². The van der Waals surface area contributed by atoms with E-state index in [1.807, 2.05) is 66.7 Å². The summed E-state index contributed by atoms with van der Waals surface area (Å²) in [6, 6.07) is 21.6. The minimum atomic E-state index is -0.0266. The molecule has 1 heterocycles. The van der Waals surface area contributed by atoms with Crippen molar-refractivity contribution in [3.8, 4) is 0 Å². The average molecular weight is 386 g/mol. The van der Waals surface area contributed by atoms with E-state index in [0.29, 0.717) is 18.0 Å². The van der Waals surface area contributed by atoms with Crippen LogP contribution in [0.5, 0.6) is 0 Å². The van der Waals surface area contributed by atoms with Crippen molar-refractivity contribution in [2.24, 2.45) is 5.92 Å². The normalized spacial score (nSPS) is 11.0. The second kappa shape index (κ2) is 10.2. The first-order valence-electron chi connectivity index (χ1n) is 9.94. The second-order valence-electron chi connectivity index (χ2n) is 7.35. The van der Waals surface area contributed by atoms with Gasteiger partial charge < -0.3 is 10.6 Å². The van der Waals surface area contributed by atoms with Crippen molar-refractivity contribution in [3.63, 3.8) is 0 Å². The summed E-state index contributed by atoms with van der Waals surface area (Å²) >= 11 is 0. The molecule has 2 aromatic carbocycles. The maximum atomic E-state index is 12.2. The quantitative estimate of drug-likeness (QED) is 0.517. The number of carbonyl (C=O) groups is 1. The van der Waals surface area contributed by atoms with Crippen molar-refractivity contribution in [1.29, 1.82) is 0 Å². The monoisotopic (exact) mass is 385 g/mol.